The van der Waals surface area contributed by atoms with Crippen LogP contribution in [-0.2, 0) is 9.53 Å². The van der Waals surface area contributed by atoms with Gasteiger partial charge in [-0.25, -0.2) is 0 Å². The van der Waals surface area contributed by atoms with E-state index in [0.29, 0.717) is 30.3 Å². The third kappa shape index (κ3) is 5.65. The number of halogens is 2. The van der Waals surface area contributed by atoms with Crippen molar-refractivity contribution in [2.24, 2.45) is 5.92 Å². The average molecular weight is 386 g/mol. The zero-order valence-corrected chi connectivity index (χ0v) is 16.2. The number of amides is 1. The van der Waals surface area contributed by atoms with Crippen LogP contribution in [0.1, 0.15) is 13.3 Å². The Labute approximate surface area is 156 Å². The first kappa shape index (κ1) is 21.3. The summed E-state index contributed by atoms with van der Waals surface area (Å²) in [6, 6.07) is 0.889. The zero-order valence-electron chi connectivity index (χ0n) is 13.7. The molecule has 0 radical (unpaired) electrons. The molecule has 0 aromatic heterocycles. The highest BCUT2D eigenvalue weighted by Crippen LogP contribution is 2.24. The summed E-state index contributed by atoms with van der Waals surface area (Å²) < 4.78 is 5.44. The largest absolute Gasteiger partial charge is 0.379 e. The smallest absolute Gasteiger partial charge is 0.224 e. The van der Waals surface area contributed by atoms with Gasteiger partial charge in [0.15, 0.2) is 0 Å². The van der Waals surface area contributed by atoms with Gasteiger partial charge in [0, 0.05) is 62.7 Å². The first-order valence-corrected chi connectivity index (χ1v) is 9.30. The maximum Gasteiger partial charge on any atom is 0.224 e. The van der Waals surface area contributed by atoms with Crippen molar-refractivity contribution in [1.29, 1.82) is 0 Å². The highest BCUT2D eigenvalue weighted by Gasteiger charge is 2.36. The van der Waals surface area contributed by atoms with E-state index >= 15 is 0 Å². The second-order valence-corrected chi connectivity index (χ2v) is 7.57. The molecular formula is C15H29Cl2N3O2S. The van der Waals surface area contributed by atoms with E-state index in [1.165, 1.54) is 5.75 Å². The molecule has 3 heterocycles. The molecule has 23 heavy (non-hydrogen) atoms. The van der Waals surface area contributed by atoms with Crippen LogP contribution in [0.3, 0.4) is 0 Å². The second-order valence-electron chi connectivity index (χ2n) is 6.42. The number of nitrogens with one attached hydrogen (secondary N) is 1. The highest BCUT2D eigenvalue weighted by molar-refractivity contribution is 7.99. The molecule has 3 unspecified atom stereocenters. The first-order valence-electron chi connectivity index (χ1n) is 8.15. The van der Waals surface area contributed by atoms with Crippen LogP contribution >= 0.6 is 36.6 Å². The molecule has 3 aliphatic heterocycles. The first-order chi connectivity index (χ1) is 10.2. The van der Waals surface area contributed by atoms with Gasteiger partial charge in [0.25, 0.3) is 0 Å². The van der Waals surface area contributed by atoms with Gasteiger partial charge in [-0.1, -0.05) is 6.92 Å². The molecule has 3 fully saturated rings. The number of thioether (sulfide) groups is 1. The molecule has 5 nitrogen and oxygen atoms in total. The molecule has 0 saturated carbocycles. The Morgan fingerprint density at radius 3 is 2.65 bits per heavy atom. The summed E-state index contributed by atoms with van der Waals surface area (Å²) in [5, 5.41) is 3.46. The standard InChI is InChI=1S/C15H27N3O2S.2ClH/c1-12-9-18(10-14(12)17-3-5-20-6-4-17)15(19)8-13-11-21-7-2-16-13;;/h12-14,16H,2-11H2,1H3;2*1H. The van der Waals surface area contributed by atoms with E-state index in [1.807, 2.05) is 11.8 Å². The number of ether oxygens (including phenoxy) is 1. The Morgan fingerprint density at radius 2 is 2.00 bits per heavy atom. The predicted molar refractivity (Wildman–Crippen MR) is 100 cm³/mol. The summed E-state index contributed by atoms with van der Waals surface area (Å²) in [5.74, 6) is 3.14. The average Bonchev–Trinajstić information content (AvgIpc) is 2.91. The molecule has 0 bridgehead atoms. The van der Waals surface area contributed by atoms with Crippen LogP contribution in [0, 0.1) is 5.92 Å². The van der Waals surface area contributed by atoms with E-state index in [4.69, 9.17) is 4.74 Å². The Kier molecular flexibility index (Phi) is 9.56. The van der Waals surface area contributed by atoms with Gasteiger partial charge in [-0.3, -0.25) is 9.69 Å². The number of carbonyl (C=O) groups excluding carboxylic acids is 1. The maximum atomic E-state index is 12.5. The van der Waals surface area contributed by atoms with Gasteiger partial charge in [0.1, 0.15) is 0 Å². The molecule has 0 aliphatic carbocycles. The van der Waals surface area contributed by atoms with Crippen molar-refractivity contribution in [2.45, 2.75) is 25.4 Å². The van der Waals surface area contributed by atoms with Gasteiger partial charge >= 0.3 is 0 Å². The number of carbonyl (C=O) groups is 1. The van der Waals surface area contributed by atoms with Crippen LogP contribution in [-0.4, -0.2) is 85.2 Å². The number of likely N-dealkylation sites (tertiary alicyclic amines) is 1. The van der Waals surface area contributed by atoms with Gasteiger partial charge in [-0.15, -0.1) is 24.8 Å². The van der Waals surface area contributed by atoms with E-state index in [0.717, 1.165) is 51.7 Å². The maximum absolute atomic E-state index is 12.5. The Bertz CT molecular complexity index is 367. The van der Waals surface area contributed by atoms with E-state index < -0.39 is 0 Å². The predicted octanol–water partition coefficient (Wildman–Crippen LogP) is 1.10. The lowest BCUT2D eigenvalue weighted by atomic mass is 10.0. The van der Waals surface area contributed by atoms with E-state index in [9.17, 15) is 4.79 Å². The molecule has 0 spiro atoms. The summed E-state index contributed by atoms with van der Waals surface area (Å²) in [5.41, 5.74) is 0. The van der Waals surface area contributed by atoms with Crippen molar-refractivity contribution >= 4 is 42.5 Å². The number of hydrogen-bond donors (Lipinski definition) is 1. The number of morpholine rings is 1. The zero-order chi connectivity index (χ0) is 14.7. The number of rotatable bonds is 3. The molecule has 3 saturated heterocycles. The summed E-state index contributed by atoms with van der Waals surface area (Å²) in [6.07, 6.45) is 0.662. The minimum Gasteiger partial charge on any atom is -0.379 e. The molecule has 1 N–H and O–H groups in total. The van der Waals surface area contributed by atoms with Gasteiger partial charge in [-0.05, 0) is 5.92 Å². The number of hydrogen-bond acceptors (Lipinski definition) is 5. The summed E-state index contributed by atoms with van der Waals surface area (Å²) >= 11 is 1.96. The molecule has 1 amide bonds. The third-order valence-corrected chi connectivity index (χ3v) is 5.99. The lowest BCUT2D eigenvalue weighted by Gasteiger charge is -2.34. The van der Waals surface area contributed by atoms with Crippen molar-refractivity contribution in [1.82, 2.24) is 15.1 Å². The van der Waals surface area contributed by atoms with E-state index in [-0.39, 0.29) is 24.8 Å². The minimum absolute atomic E-state index is 0. The van der Waals surface area contributed by atoms with Gasteiger partial charge in [-0.2, -0.15) is 11.8 Å². The van der Waals surface area contributed by atoms with Crippen LogP contribution < -0.4 is 5.32 Å². The fourth-order valence-electron chi connectivity index (χ4n) is 3.63. The van der Waals surface area contributed by atoms with Gasteiger partial charge in [0.2, 0.25) is 5.91 Å². The van der Waals surface area contributed by atoms with Crippen LogP contribution in [0.5, 0.6) is 0 Å². The van der Waals surface area contributed by atoms with E-state index in [2.05, 4.69) is 22.0 Å². The molecule has 136 valence electrons. The molecule has 3 atom stereocenters. The lowest BCUT2D eigenvalue weighted by molar-refractivity contribution is -0.130. The quantitative estimate of drug-likeness (QED) is 0.787. The van der Waals surface area contributed by atoms with Crippen LogP contribution in [0.25, 0.3) is 0 Å². The second kappa shape index (κ2) is 10.3. The fraction of sp³-hybridized carbons (Fsp3) is 0.933. The summed E-state index contributed by atoms with van der Waals surface area (Å²) in [7, 11) is 0. The SMILES string of the molecule is CC1CN(C(=O)CC2CSCCN2)CC1N1CCOCC1.Cl.Cl. The summed E-state index contributed by atoms with van der Waals surface area (Å²) in [6.45, 7) is 8.83. The fourth-order valence-corrected chi connectivity index (χ4v) is 4.58. The van der Waals surface area contributed by atoms with Crippen LogP contribution in [0.15, 0.2) is 0 Å². The minimum atomic E-state index is 0. The van der Waals surface area contributed by atoms with Gasteiger partial charge < -0.3 is 15.0 Å². The number of nitrogens with zero attached hydrogens (tertiary/aromatic N) is 2. The lowest BCUT2D eigenvalue weighted by Crippen LogP contribution is -2.47. The monoisotopic (exact) mass is 385 g/mol. The highest BCUT2D eigenvalue weighted by atomic mass is 35.5. The molecule has 8 heteroatoms. The normalized spacial score (nSPS) is 32.0. The Hall–Kier alpha value is 0.280. The van der Waals surface area contributed by atoms with E-state index in [1.54, 1.807) is 0 Å². The molecule has 0 aromatic carbocycles. The topological polar surface area (TPSA) is 44.8 Å². The molecular weight excluding hydrogens is 357 g/mol. The molecule has 3 rings (SSSR count). The van der Waals surface area contributed by atoms with Crippen molar-refractivity contribution in [3.05, 3.63) is 0 Å². The Balaban J connectivity index is 0.00000132. The Morgan fingerprint density at radius 1 is 1.26 bits per heavy atom. The van der Waals surface area contributed by atoms with Crippen molar-refractivity contribution in [2.75, 3.05) is 57.4 Å². The molecule has 0 aromatic rings. The van der Waals surface area contributed by atoms with Gasteiger partial charge in [0.05, 0.1) is 13.2 Å². The van der Waals surface area contributed by atoms with Crippen molar-refractivity contribution in [3.63, 3.8) is 0 Å². The van der Waals surface area contributed by atoms with Crippen molar-refractivity contribution in [3.8, 4) is 0 Å². The third-order valence-electron chi connectivity index (χ3n) is 4.86. The summed E-state index contributed by atoms with van der Waals surface area (Å²) in [4.78, 5) is 17.1. The van der Waals surface area contributed by atoms with Crippen LogP contribution in [0.4, 0.5) is 0 Å². The van der Waals surface area contributed by atoms with Crippen LogP contribution in [0.2, 0.25) is 0 Å². The molecule has 3 aliphatic rings. The van der Waals surface area contributed by atoms with Crippen molar-refractivity contribution < 1.29 is 9.53 Å².